The first-order chi connectivity index (χ1) is 18.9. The van der Waals surface area contributed by atoms with Gasteiger partial charge in [-0.2, -0.15) is 0 Å². The second kappa shape index (κ2) is 10.8. The van der Waals surface area contributed by atoms with Crippen LogP contribution in [-0.2, 0) is 9.59 Å². The van der Waals surface area contributed by atoms with Gasteiger partial charge in [0.15, 0.2) is 16.6 Å². The maximum atomic E-state index is 13.6. The van der Waals surface area contributed by atoms with Crippen molar-refractivity contribution in [2.45, 2.75) is 26.3 Å². The van der Waals surface area contributed by atoms with Crippen LogP contribution >= 0.6 is 11.3 Å². The van der Waals surface area contributed by atoms with E-state index in [4.69, 9.17) is 14.2 Å². The first-order valence-corrected chi connectivity index (χ1v) is 13.3. The van der Waals surface area contributed by atoms with Crippen molar-refractivity contribution >= 4 is 44.1 Å². The summed E-state index contributed by atoms with van der Waals surface area (Å²) in [6.07, 6.45) is 0.823. The van der Waals surface area contributed by atoms with E-state index in [1.54, 1.807) is 49.6 Å². The number of hydrogen-bond acceptors (Lipinski definition) is 8. The molecule has 0 saturated carbocycles. The number of carbonyl (C=O) groups is 2. The molecule has 1 aromatic heterocycles. The maximum absolute atomic E-state index is 13.6. The van der Waals surface area contributed by atoms with E-state index in [1.807, 2.05) is 32.0 Å². The van der Waals surface area contributed by atoms with Crippen molar-refractivity contribution in [2.24, 2.45) is 0 Å². The maximum Gasteiger partial charge on any atom is 0.301 e. The third-order valence-electron chi connectivity index (χ3n) is 6.51. The van der Waals surface area contributed by atoms with Crippen molar-refractivity contribution in [2.75, 3.05) is 25.7 Å². The van der Waals surface area contributed by atoms with E-state index in [0.717, 1.165) is 22.2 Å². The monoisotopic (exact) mass is 544 g/mol. The molecule has 1 N–H and O–H groups in total. The molecule has 0 spiro atoms. The van der Waals surface area contributed by atoms with Crippen molar-refractivity contribution in [3.05, 3.63) is 82.9 Å². The van der Waals surface area contributed by atoms with Crippen molar-refractivity contribution in [1.29, 1.82) is 0 Å². The first-order valence-electron chi connectivity index (χ1n) is 12.5. The predicted molar refractivity (Wildman–Crippen MR) is 151 cm³/mol. The van der Waals surface area contributed by atoms with E-state index >= 15 is 0 Å². The fourth-order valence-corrected chi connectivity index (χ4v) is 5.65. The zero-order valence-corrected chi connectivity index (χ0v) is 22.9. The largest absolute Gasteiger partial charge is 0.507 e. The van der Waals surface area contributed by atoms with Gasteiger partial charge in [-0.05, 0) is 73.0 Å². The summed E-state index contributed by atoms with van der Waals surface area (Å²) in [7, 11) is 3.07. The number of benzene rings is 3. The Balaban J connectivity index is 1.70. The average Bonchev–Trinajstić information content (AvgIpc) is 3.48. The van der Waals surface area contributed by atoms with Crippen LogP contribution in [0.15, 0.2) is 66.2 Å². The summed E-state index contributed by atoms with van der Waals surface area (Å²) in [5.41, 5.74) is 2.69. The number of anilines is 1. The molecular formula is C30H28N2O6S. The number of thiazole rings is 1. The number of carbonyl (C=O) groups excluding carboxylic acids is 2. The standard InChI is InChI=1S/C30H28N2O6S/c1-5-14-38-22-13-9-19(16-23(22)37-4)26-25(27(33)18-7-10-20(36-3)11-8-18)28(34)29(35)32(26)30-31-21-12-6-17(2)15-24(21)39-30/h6-13,15-16,26,33H,5,14H2,1-4H3/b27-25+/t26-/m1/s1. The molecule has 0 bridgehead atoms. The molecule has 1 atom stereocenters. The van der Waals surface area contributed by atoms with Crippen LogP contribution in [0.4, 0.5) is 5.13 Å². The molecule has 1 aliphatic rings. The average molecular weight is 545 g/mol. The molecule has 2 heterocycles. The molecule has 3 aromatic carbocycles. The molecule has 8 nitrogen and oxygen atoms in total. The topological polar surface area (TPSA) is 98.2 Å². The Labute approximate surface area is 230 Å². The molecule has 1 amide bonds. The second-order valence-electron chi connectivity index (χ2n) is 9.12. The number of amides is 1. The van der Waals surface area contributed by atoms with Gasteiger partial charge in [-0.25, -0.2) is 4.98 Å². The molecule has 1 fully saturated rings. The highest BCUT2D eigenvalue weighted by Crippen LogP contribution is 2.46. The fraction of sp³-hybridized carbons (Fsp3) is 0.233. The Morgan fingerprint density at radius 3 is 2.46 bits per heavy atom. The lowest BCUT2D eigenvalue weighted by Crippen LogP contribution is -2.29. The van der Waals surface area contributed by atoms with E-state index in [0.29, 0.717) is 40.1 Å². The Morgan fingerprint density at radius 2 is 1.77 bits per heavy atom. The minimum atomic E-state index is -0.942. The van der Waals surface area contributed by atoms with Gasteiger partial charge < -0.3 is 19.3 Å². The lowest BCUT2D eigenvalue weighted by atomic mass is 9.95. The SMILES string of the molecule is CCCOc1ccc([C@@H]2/C(=C(\O)c3ccc(OC)cc3)C(=O)C(=O)N2c2nc3ccc(C)cc3s2)cc1OC. The quantitative estimate of drug-likeness (QED) is 0.164. The van der Waals surface area contributed by atoms with Gasteiger partial charge in [-0.3, -0.25) is 14.5 Å². The smallest absolute Gasteiger partial charge is 0.301 e. The summed E-state index contributed by atoms with van der Waals surface area (Å²) < 4.78 is 17.5. The number of methoxy groups -OCH3 is 2. The zero-order chi connectivity index (χ0) is 27.7. The highest BCUT2D eigenvalue weighted by Gasteiger charge is 2.48. The number of ether oxygens (including phenoxy) is 3. The lowest BCUT2D eigenvalue weighted by Gasteiger charge is -2.24. The molecular weight excluding hydrogens is 516 g/mol. The van der Waals surface area contributed by atoms with Gasteiger partial charge >= 0.3 is 5.91 Å². The molecule has 200 valence electrons. The number of fused-ring (bicyclic) bond motifs is 1. The number of aliphatic hydroxyl groups excluding tert-OH is 1. The minimum absolute atomic E-state index is 0.0371. The number of nitrogens with zero attached hydrogens (tertiary/aromatic N) is 2. The Morgan fingerprint density at radius 1 is 1.00 bits per heavy atom. The molecule has 0 aliphatic carbocycles. The second-order valence-corrected chi connectivity index (χ2v) is 10.1. The van der Waals surface area contributed by atoms with Gasteiger partial charge in [0.2, 0.25) is 0 Å². The number of rotatable bonds is 8. The predicted octanol–water partition coefficient (Wildman–Crippen LogP) is 6.04. The molecule has 1 saturated heterocycles. The number of aliphatic hydroxyl groups is 1. The molecule has 4 aromatic rings. The lowest BCUT2D eigenvalue weighted by molar-refractivity contribution is -0.132. The molecule has 9 heteroatoms. The number of aromatic nitrogens is 1. The fourth-order valence-electron chi connectivity index (χ4n) is 4.56. The van der Waals surface area contributed by atoms with E-state index in [2.05, 4.69) is 4.98 Å². The summed E-state index contributed by atoms with van der Waals surface area (Å²) in [6.45, 7) is 4.50. The van der Waals surface area contributed by atoms with Crippen LogP contribution in [0.5, 0.6) is 17.2 Å². The van der Waals surface area contributed by atoms with Crippen molar-refractivity contribution < 1.29 is 28.9 Å². The highest BCUT2D eigenvalue weighted by atomic mass is 32.1. The van der Waals surface area contributed by atoms with Gasteiger partial charge in [0.25, 0.3) is 5.78 Å². The summed E-state index contributed by atoms with van der Waals surface area (Å²) in [4.78, 5) is 33.1. The van der Waals surface area contributed by atoms with Gasteiger partial charge in [0.05, 0.1) is 42.7 Å². The third-order valence-corrected chi connectivity index (χ3v) is 7.53. The Kier molecular flexibility index (Phi) is 7.26. The van der Waals surface area contributed by atoms with Crippen molar-refractivity contribution in [3.8, 4) is 17.2 Å². The molecule has 0 radical (unpaired) electrons. The summed E-state index contributed by atoms with van der Waals surface area (Å²) in [5, 5.41) is 11.8. The van der Waals surface area contributed by atoms with E-state index in [-0.39, 0.29) is 11.3 Å². The van der Waals surface area contributed by atoms with E-state index in [1.165, 1.54) is 23.3 Å². The van der Waals surface area contributed by atoms with E-state index in [9.17, 15) is 14.7 Å². The van der Waals surface area contributed by atoms with Crippen LogP contribution < -0.4 is 19.1 Å². The molecule has 5 rings (SSSR count). The minimum Gasteiger partial charge on any atom is -0.507 e. The first kappa shape index (κ1) is 26.2. The third kappa shape index (κ3) is 4.81. The number of ketones is 1. The summed E-state index contributed by atoms with van der Waals surface area (Å²) in [5.74, 6) is -0.252. The van der Waals surface area contributed by atoms with Crippen LogP contribution in [0.1, 0.15) is 36.1 Å². The van der Waals surface area contributed by atoms with Gasteiger partial charge in [0, 0.05) is 5.56 Å². The van der Waals surface area contributed by atoms with Gasteiger partial charge in [-0.15, -0.1) is 0 Å². The van der Waals surface area contributed by atoms with Crippen LogP contribution in [0.25, 0.3) is 16.0 Å². The molecule has 0 unspecified atom stereocenters. The van der Waals surface area contributed by atoms with Crippen molar-refractivity contribution in [3.63, 3.8) is 0 Å². The van der Waals surface area contributed by atoms with Gasteiger partial charge in [-0.1, -0.05) is 30.4 Å². The molecule has 1 aliphatic heterocycles. The van der Waals surface area contributed by atoms with Crippen LogP contribution in [0.3, 0.4) is 0 Å². The number of Topliss-reactive ketones (excluding diaryl/α,β-unsaturated/α-hetero) is 1. The molecule has 39 heavy (non-hydrogen) atoms. The van der Waals surface area contributed by atoms with Crippen LogP contribution in [-0.4, -0.2) is 42.6 Å². The normalized spacial score (nSPS) is 16.6. The Bertz CT molecular complexity index is 1590. The van der Waals surface area contributed by atoms with E-state index < -0.39 is 17.7 Å². The Hall–Kier alpha value is -4.37. The number of hydrogen-bond donors (Lipinski definition) is 1. The van der Waals surface area contributed by atoms with Crippen LogP contribution in [0.2, 0.25) is 0 Å². The van der Waals surface area contributed by atoms with Crippen molar-refractivity contribution in [1.82, 2.24) is 4.98 Å². The summed E-state index contributed by atoms with van der Waals surface area (Å²) in [6, 6.07) is 16.8. The highest BCUT2D eigenvalue weighted by molar-refractivity contribution is 7.22. The summed E-state index contributed by atoms with van der Waals surface area (Å²) >= 11 is 1.32. The number of aryl methyl sites for hydroxylation is 1. The van der Waals surface area contributed by atoms with Crippen LogP contribution in [0, 0.1) is 6.92 Å². The zero-order valence-electron chi connectivity index (χ0n) is 22.1. The van der Waals surface area contributed by atoms with Gasteiger partial charge in [0.1, 0.15) is 11.5 Å².